The molecule has 0 saturated carbocycles. The SMILES string of the molecule is COc1ccc(CN2CCC(c3oc4ccccc4c3C(=O)c3ccccc3)CC2)cc1OC. The number of methoxy groups -OCH3 is 2. The van der Waals surface area contributed by atoms with Crippen LogP contribution >= 0.6 is 0 Å². The van der Waals surface area contributed by atoms with Gasteiger partial charge in [-0.1, -0.05) is 54.6 Å². The molecular weight excluding hydrogens is 426 g/mol. The van der Waals surface area contributed by atoms with E-state index in [-0.39, 0.29) is 11.7 Å². The van der Waals surface area contributed by atoms with Crippen LogP contribution in [0.3, 0.4) is 0 Å². The summed E-state index contributed by atoms with van der Waals surface area (Å²) in [5.74, 6) is 2.58. The van der Waals surface area contributed by atoms with Crippen LogP contribution in [-0.2, 0) is 6.54 Å². The number of para-hydroxylation sites is 1. The van der Waals surface area contributed by atoms with E-state index >= 15 is 0 Å². The molecule has 34 heavy (non-hydrogen) atoms. The van der Waals surface area contributed by atoms with E-state index in [9.17, 15) is 4.79 Å². The number of fused-ring (bicyclic) bond motifs is 1. The average Bonchev–Trinajstić information content (AvgIpc) is 3.28. The molecule has 0 radical (unpaired) electrons. The second kappa shape index (κ2) is 9.74. The molecule has 5 rings (SSSR count). The highest BCUT2D eigenvalue weighted by Gasteiger charge is 2.30. The maximum Gasteiger partial charge on any atom is 0.197 e. The predicted octanol–water partition coefficient (Wildman–Crippen LogP) is 6.06. The molecule has 0 aliphatic carbocycles. The Labute approximate surface area is 199 Å². The molecule has 1 aliphatic rings. The Morgan fingerprint density at radius 1 is 0.912 bits per heavy atom. The van der Waals surface area contributed by atoms with Gasteiger partial charge in [0.1, 0.15) is 11.3 Å². The van der Waals surface area contributed by atoms with Crippen molar-refractivity contribution < 1.29 is 18.7 Å². The average molecular weight is 456 g/mol. The van der Waals surface area contributed by atoms with E-state index in [0.29, 0.717) is 5.56 Å². The van der Waals surface area contributed by atoms with Gasteiger partial charge in [-0.15, -0.1) is 0 Å². The van der Waals surface area contributed by atoms with E-state index in [1.807, 2.05) is 66.7 Å². The third kappa shape index (κ3) is 4.31. The number of piperidine rings is 1. The molecule has 1 fully saturated rings. The molecule has 2 heterocycles. The summed E-state index contributed by atoms with van der Waals surface area (Å²) in [4.78, 5) is 16.0. The number of carbonyl (C=O) groups is 1. The number of rotatable bonds is 7. The fraction of sp³-hybridized carbons (Fsp3) is 0.276. The Morgan fingerprint density at radius 3 is 2.35 bits per heavy atom. The number of benzene rings is 3. The van der Waals surface area contributed by atoms with Crippen LogP contribution in [0.4, 0.5) is 0 Å². The summed E-state index contributed by atoms with van der Waals surface area (Å²) in [6.07, 6.45) is 1.89. The molecule has 174 valence electrons. The lowest BCUT2D eigenvalue weighted by Crippen LogP contribution is -2.32. The number of hydrogen-bond acceptors (Lipinski definition) is 5. The van der Waals surface area contributed by atoms with Crippen molar-refractivity contribution >= 4 is 16.8 Å². The molecule has 1 aromatic heterocycles. The summed E-state index contributed by atoms with van der Waals surface area (Å²) in [5, 5.41) is 0.902. The molecule has 0 unspecified atom stereocenters. The van der Waals surface area contributed by atoms with E-state index in [4.69, 9.17) is 13.9 Å². The van der Waals surface area contributed by atoms with E-state index < -0.39 is 0 Å². The van der Waals surface area contributed by atoms with Crippen molar-refractivity contribution in [2.75, 3.05) is 27.3 Å². The molecule has 0 bridgehead atoms. The Kier molecular flexibility index (Phi) is 6.37. The van der Waals surface area contributed by atoms with Crippen LogP contribution < -0.4 is 9.47 Å². The van der Waals surface area contributed by atoms with Gasteiger partial charge in [-0.2, -0.15) is 0 Å². The Hall–Kier alpha value is -3.57. The second-order valence-corrected chi connectivity index (χ2v) is 8.77. The zero-order valence-corrected chi connectivity index (χ0v) is 19.6. The monoisotopic (exact) mass is 455 g/mol. The first-order valence-corrected chi connectivity index (χ1v) is 11.7. The van der Waals surface area contributed by atoms with Crippen LogP contribution in [-0.4, -0.2) is 38.0 Å². The number of furan rings is 1. The summed E-state index contributed by atoms with van der Waals surface area (Å²) in [7, 11) is 3.31. The van der Waals surface area contributed by atoms with Gasteiger partial charge >= 0.3 is 0 Å². The Bertz CT molecular complexity index is 1290. The first-order chi connectivity index (χ1) is 16.7. The van der Waals surface area contributed by atoms with Gasteiger partial charge in [-0.05, 0) is 49.7 Å². The number of carbonyl (C=O) groups excluding carboxylic acids is 1. The van der Waals surface area contributed by atoms with E-state index in [0.717, 1.165) is 66.3 Å². The van der Waals surface area contributed by atoms with Crippen LogP contribution in [0.2, 0.25) is 0 Å². The highest BCUT2D eigenvalue weighted by molar-refractivity contribution is 6.17. The maximum atomic E-state index is 13.5. The lowest BCUT2D eigenvalue weighted by atomic mass is 9.88. The van der Waals surface area contributed by atoms with Crippen molar-refractivity contribution in [2.45, 2.75) is 25.3 Å². The van der Waals surface area contributed by atoms with Gasteiger partial charge in [0.15, 0.2) is 17.3 Å². The number of ether oxygens (including phenoxy) is 2. The first kappa shape index (κ1) is 22.2. The normalized spacial score (nSPS) is 14.9. The fourth-order valence-corrected chi connectivity index (χ4v) is 4.91. The highest BCUT2D eigenvalue weighted by atomic mass is 16.5. The minimum atomic E-state index is 0.0355. The molecular formula is C29H29NO4. The summed E-state index contributed by atoms with van der Waals surface area (Å²) in [5.41, 5.74) is 3.39. The molecule has 0 atom stereocenters. The summed E-state index contributed by atoms with van der Waals surface area (Å²) in [6.45, 7) is 2.73. The summed E-state index contributed by atoms with van der Waals surface area (Å²) < 4.78 is 17.1. The minimum Gasteiger partial charge on any atom is -0.493 e. The molecule has 5 nitrogen and oxygen atoms in total. The zero-order valence-electron chi connectivity index (χ0n) is 19.6. The van der Waals surface area contributed by atoms with Gasteiger partial charge in [0, 0.05) is 23.4 Å². The Balaban J connectivity index is 1.36. The lowest BCUT2D eigenvalue weighted by Gasteiger charge is -2.31. The quantitative estimate of drug-likeness (QED) is 0.317. The topological polar surface area (TPSA) is 51.9 Å². The minimum absolute atomic E-state index is 0.0355. The summed E-state index contributed by atoms with van der Waals surface area (Å²) >= 11 is 0. The van der Waals surface area contributed by atoms with Gasteiger partial charge in [0.05, 0.1) is 19.8 Å². The van der Waals surface area contributed by atoms with E-state index in [1.54, 1.807) is 14.2 Å². The van der Waals surface area contributed by atoms with E-state index in [2.05, 4.69) is 11.0 Å². The van der Waals surface area contributed by atoms with Gasteiger partial charge in [0.2, 0.25) is 0 Å². The van der Waals surface area contributed by atoms with Gasteiger partial charge in [0.25, 0.3) is 0 Å². The van der Waals surface area contributed by atoms with Crippen LogP contribution in [0.25, 0.3) is 11.0 Å². The maximum absolute atomic E-state index is 13.5. The second-order valence-electron chi connectivity index (χ2n) is 8.77. The number of likely N-dealkylation sites (tertiary alicyclic amines) is 1. The van der Waals surface area contributed by atoms with Crippen LogP contribution in [0.5, 0.6) is 11.5 Å². The first-order valence-electron chi connectivity index (χ1n) is 11.7. The highest BCUT2D eigenvalue weighted by Crippen LogP contribution is 2.38. The molecule has 0 amide bonds. The molecule has 4 aromatic rings. The third-order valence-electron chi connectivity index (χ3n) is 6.70. The van der Waals surface area contributed by atoms with Crippen LogP contribution in [0.15, 0.2) is 77.2 Å². The fourth-order valence-electron chi connectivity index (χ4n) is 4.91. The smallest absolute Gasteiger partial charge is 0.197 e. The molecule has 0 spiro atoms. The van der Waals surface area contributed by atoms with Gasteiger partial charge in [-0.3, -0.25) is 9.69 Å². The number of ketones is 1. The van der Waals surface area contributed by atoms with Crippen molar-refractivity contribution in [2.24, 2.45) is 0 Å². The van der Waals surface area contributed by atoms with Crippen molar-refractivity contribution in [3.05, 3.63) is 95.2 Å². The van der Waals surface area contributed by atoms with Gasteiger partial charge < -0.3 is 13.9 Å². The number of hydrogen-bond donors (Lipinski definition) is 0. The van der Waals surface area contributed by atoms with Crippen LogP contribution in [0, 0.1) is 0 Å². The van der Waals surface area contributed by atoms with Crippen molar-refractivity contribution in [1.29, 1.82) is 0 Å². The molecule has 1 saturated heterocycles. The molecule has 3 aromatic carbocycles. The standard InChI is InChI=1S/C29H29NO4/c1-32-25-13-12-20(18-26(25)33-2)19-30-16-14-22(15-17-30)29-27(23-10-6-7-11-24(23)34-29)28(31)21-8-4-3-5-9-21/h3-13,18,22H,14-17,19H2,1-2H3. The lowest BCUT2D eigenvalue weighted by molar-refractivity contribution is 0.103. The van der Waals surface area contributed by atoms with Crippen LogP contribution in [0.1, 0.15) is 46.0 Å². The molecule has 0 N–H and O–H groups in total. The van der Waals surface area contributed by atoms with Crippen molar-refractivity contribution in [3.63, 3.8) is 0 Å². The molecule has 5 heteroatoms. The third-order valence-corrected chi connectivity index (χ3v) is 6.70. The van der Waals surface area contributed by atoms with Crippen molar-refractivity contribution in [3.8, 4) is 11.5 Å². The summed E-state index contributed by atoms with van der Waals surface area (Å²) in [6, 6.07) is 23.4. The van der Waals surface area contributed by atoms with Gasteiger partial charge in [-0.25, -0.2) is 0 Å². The largest absolute Gasteiger partial charge is 0.493 e. The van der Waals surface area contributed by atoms with E-state index in [1.165, 1.54) is 5.56 Å². The van der Waals surface area contributed by atoms with Crippen molar-refractivity contribution in [1.82, 2.24) is 4.90 Å². The Morgan fingerprint density at radius 2 is 1.62 bits per heavy atom. The zero-order chi connectivity index (χ0) is 23.5. The number of nitrogens with zero attached hydrogens (tertiary/aromatic N) is 1. The molecule has 1 aliphatic heterocycles. The predicted molar refractivity (Wildman–Crippen MR) is 133 cm³/mol.